The molecule has 0 aliphatic heterocycles. The topological polar surface area (TPSA) is 30.0 Å². The summed E-state index contributed by atoms with van der Waals surface area (Å²) in [6, 6.07) is 9.56. The Balaban J connectivity index is 2.17. The number of ketones is 1. The molecule has 0 bridgehead atoms. The molecule has 0 saturated heterocycles. The SMILES string of the molecule is CC(C)CSCC(=O)c1cccc2ncccc12. The minimum absolute atomic E-state index is 0.194. The molecule has 0 aliphatic rings. The number of benzene rings is 1. The molecule has 1 aromatic heterocycles. The Bertz CT molecular complexity index is 546. The smallest absolute Gasteiger partial charge is 0.173 e. The first-order valence-electron chi connectivity index (χ1n) is 6.13. The number of hydrogen-bond donors (Lipinski definition) is 0. The van der Waals surface area contributed by atoms with E-state index in [4.69, 9.17) is 0 Å². The van der Waals surface area contributed by atoms with Crippen LogP contribution in [0.4, 0.5) is 0 Å². The molecule has 0 atom stereocenters. The van der Waals surface area contributed by atoms with Crippen LogP contribution in [0.1, 0.15) is 24.2 Å². The number of Topliss-reactive ketones (excluding diaryl/α,β-unsaturated/α-hetero) is 1. The van der Waals surface area contributed by atoms with Gasteiger partial charge in [0.05, 0.1) is 11.3 Å². The number of carbonyl (C=O) groups excluding carboxylic acids is 1. The molecule has 0 saturated carbocycles. The van der Waals surface area contributed by atoms with Crippen molar-refractivity contribution >= 4 is 28.4 Å². The van der Waals surface area contributed by atoms with E-state index in [2.05, 4.69) is 18.8 Å². The molecule has 2 rings (SSSR count). The average molecular weight is 259 g/mol. The number of pyridine rings is 1. The van der Waals surface area contributed by atoms with E-state index in [1.807, 2.05) is 30.3 Å². The summed E-state index contributed by atoms with van der Waals surface area (Å²) in [5.41, 5.74) is 1.68. The van der Waals surface area contributed by atoms with Crippen LogP contribution in [0.2, 0.25) is 0 Å². The van der Waals surface area contributed by atoms with Gasteiger partial charge in [-0.3, -0.25) is 9.78 Å². The summed E-state index contributed by atoms with van der Waals surface area (Å²) >= 11 is 1.70. The Hall–Kier alpha value is -1.35. The highest BCUT2D eigenvalue weighted by molar-refractivity contribution is 7.99. The molecule has 1 heterocycles. The molecule has 3 heteroatoms. The van der Waals surface area contributed by atoms with E-state index in [1.54, 1.807) is 18.0 Å². The van der Waals surface area contributed by atoms with Gasteiger partial charge in [-0.15, -0.1) is 0 Å². The number of aromatic nitrogens is 1. The number of carbonyl (C=O) groups is 1. The highest BCUT2D eigenvalue weighted by Gasteiger charge is 2.10. The second kappa shape index (κ2) is 6.01. The summed E-state index contributed by atoms with van der Waals surface area (Å²) in [5.74, 6) is 2.39. The number of fused-ring (bicyclic) bond motifs is 1. The Morgan fingerprint density at radius 2 is 2.11 bits per heavy atom. The van der Waals surface area contributed by atoms with E-state index < -0.39 is 0 Å². The molecule has 18 heavy (non-hydrogen) atoms. The summed E-state index contributed by atoms with van der Waals surface area (Å²) in [5, 5.41) is 0.954. The van der Waals surface area contributed by atoms with E-state index in [-0.39, 0.29) is 5.78 Å². The summed E-state index contributed by atoms with van der Waals surface area (Å²) < 4.78 is 0. The van der Waals surface area contributed by atoms with Gasteiger partial charge in [0.2, 0.25) is 0 Å². The van der Waals surface area contributed by atoms with Crippen molar-refractivity contribution in [3.63, 3.8) is 0 Å². The van der Waals surface area contributed by atoms with Gasteiger partial charge in [0.25, 0.3) is 0 Å². The van der Waals surface area contributed by atoms with Crippen LogP contribution in [-0.2, 0) is 0 Å². The van der Waals surface area contributed by atoms with E-state index in [0.29, 0.717) is 11.7 Å². The second-order valence-corrected chi connectivity index (χ2v) is 5.74. The fourth-order valence-corrected chi connectivity index (χ4v) is 2.74. The zero-order chi connectivity index (χ0) is 13.0. The fourth-order valence-electron chi connectivity index (χ4n) is 1.81. The zero-order valence-corrected chi connectivity index (χ0v) is 11.5. The quantitative estimate of drug-likeness (QED) is 0.765. The molecule has 0 fully saturated rings. The van der Waals surface area contributed by atoms with Gasteiger partial charge in [-0.2, -0.15) is 11.8 Å². The maximum absolute atomic E-state index is 12.2. The third-order valence-corrected chi connectivity index (χ3v) is 4.00. The Labute approximate surface area is 112 Å². The van der Waals surface area contributed by atoms with Crippen LogP contribution in [0, 0.1) is 5.92 Å². The van der Waals surface area contributed by atoms with E-state index >= 15 is 0 Å². The van der Waals surface area contributed by atoms with Gasteiger partial charge in [0.15, 0.2) is 5.78 Å². The molecular formula is C15H17NOS. The maximum Gasteiger partial charge on any atom is 0.173 e. The molecule has 0 spiro atoms. The lowest BCUT2D eigenvalue weighted by Crippen LogP contribution is -2.05. The van der Waals surface area contributed by atoms with Crippen molar-refractivity contribution in [2.45, 2.75) is 13.8 Å². The van der Waals surface area contributed by atoms with Crippen molar-refractivity contribution in [1.82, 2.24) is 4.98 Å². The predicted octanol–water partition coefficient (Wildman–Crippen LogP) is 3.81. The first-order valence-corrected chi connectivity index (χ1v) is 7.28. The summed E-state index contributed by atoms with van der Waals surface area (Å²) in [6.45, 7) is 4.33. The Morgan fingerprint density at radius 3 is 2.89 bits per heavy atom. The zero-order valence-electron chi connectivity index (χ0n) is 10.7. The number of rotatable bonds is 5. The average Bonchev–Trinajstić information content (AvgIpc) is 2.37. The van der Waals surface area contributed by atoms with Gasteiger partial charge in [-0.25, -0.2) is 0 Å². The lowest BCUT2D eigenvalue weighted by Gasteiger charge is -2.06. The number of nitrogens with zero attached hydrogens (tertiary/aromatic N) is 1. The molecule has 94 valence electrons. The first-order chi connectivity index (χ1) is 8.68. The highest BCUT2D eigenvalue weighted by atomic mass is 32.2. The highest BCUT2D eigenvalue weighted by Crippen LogP contribution is 2.19. The van der Waals surface area contributed by atoms with Gasteiger partial charge < -0.3 is 0 Å². The molecule has 0 amide bonds. The van der Waals surface area contributed by atoms with Crippen molar-refractivity contribution in [1.29, 1.82) is 0 Å². The molecular weight excluding hydrogens is 242 g/mol. The van der Waals surface area contributed by atoms with Crippen molar-refractivity contribution in [3.8, 4) is 0 Å². The minimum Gasteiger partial charge on any atom is -0.293 e. The van der Waals surface area contributed by atoms with Gasteiger partial charge in [-0.1, -0.05) is 32.0 Å². The molecule has 2 nitrogen and oxygen atoms in total. The van der Waals surface area contributed by atoms with E-state index in [0.717, 1.165) is 22.2 Å². The third kappa shape index (κ3) is 3.10. The van der Waals surface area contributed by atoms with Gasteiger partial charge in [-0.05, 0) is 23.8 Å². The summed E-state index contributed by atoms with van der Waals surface area (Å²) in [4.78, 5) is 16.5. The lowest BCUT2D eigenvalue weighted by molar-refractivity contribution is 0.102. The predicted molar refractivity (Wildman–Crippen MR) is 78.2 cm³/mol. The molecule has 2 aromatic rings. The van der Waals surface area contributed by atoms with E-state index in [9.17, 15) is 4.79 Å². The summed E-state index contributed by atoms with van der Waals surface area (Å²) in [7, 11) is 0. The van der Waals surface area contributed by atoms with Crippen LogP contribution in [-0.4, -0.2) is 22.3 Å². The molecule has 1 aromatic carbocycles. The third-order valence-electron chi connectivity index (χ3n) is 2.63. The fraction of sp³-hybridized carbons (Fsp3) is 0.333. The largest absolute Gasteiger partial charge is 0.293 e. The van der Waals surface area contributed by atoms with Crippen LogP contribution in [0.15, 0.2) is 36.5 Å². The maximum atomic E-state index is 12.2. The van der Waals surface area contributed by atoms with Gasteiger partial charge in [0.1, 0.15) is 0 Å². The monoisotopic (exact) mass is 259 g/mol. The van der Waals surface area contributed by atoms with Crippen molar-refractivity contribution in [3.05, 3.63) is 42.1 Å². The van der Waals surface area contributed by atoms with Crippen molar-refractivity contribution in [2.75, 3.05) is 11.5 Å². The van der Waals surface area contributed by atoms with Gasteiger partial charge in [0, 0.05) is 17.1 Å². The number of hydrogen-bond acceptors (Lipinski definition) is 3. The number of thioether (sulfide) groups is 1. The minimum atomic E-state index is 0.194. The van der Waals surface area contributed by atoms with Crippen LogP contribution in [0.5, 0.6) is 0 Å². The van der Waals surface area contributed by atoms with Crippen molar-refractivity contribution in [2.24, 2.45) is 5.92 Å². The molecule has 0 unspecified atom stereocenters. The standard InChI is InChI=1S/C15H17NOS/c1-11(2)9-18-10-15(17)13-5-3-7-14-12(13)6-4-8-16-14/h3-8,11H,9-10H2,1-2H3. The van der Waals surface area contributed by atoms with Crippen LogP contribution in [0.3, 0.4) is 0 Å². The Kier molecular flexibility index (Phi) is 4.37. The van der Waals surface area contributed by atoms with Crippen LogP contribution in [0.25, 0.3) is 10.9 Å². The normalized spacial score (nSPS) is 11.1. The lowest BCUT2D eigenvalue weighted by atomic mass is 10.1. The van der Waals surface area contributed by atoms with Crippen molar-refractivity contribution < 1.29 is 4.79 Å². The second-order valence-electron chi connectivity index (χ2n) is 4.71. The Morgan fingerprint density at radius 1 is 1.28 bits per heavy atom. The summed E-state index contributed by atoms with van der Waals surface area (Å²) in [6.07, 6.45) is 1.75. The van der Waals surface area contributed by atoms with E-state index in [1.165, 1.54) is 0 Å². The molecule has 0 aliphatic carbocycles. The first kappa shape index (κ1) is 13.1. The molecule has 0 radical (unpaired) electrons. The van der Waals surface area contributed by atoms with Gasteiger partial charge >= 0.3 is 0 Å². The van der Waals surface area contributed by atoms with Crippen LogP contribution < -0.4 is 0 Å². The molecule has 0 N–H and O–H groups in total. The van der Waals surface area contributed by atoms with Crippen LogP contribution >= 0.6 is 11.8 Å².